The third-order valence-electron chi connectivity index (χ3n) is 2.36. The van der Waals surface area contributed by atoms with Gasteiger partial charge in [-0.15, -0.1) is 0 Å². The maximum absolute atomic E-state index is 11.9. The molecule has 0 spiro atoms. The summed E-state index contributed by atoms with van der Waals surface area (Å²) in [5.41, 5.74) is 5.40. The first kappa shape index (κ1) is 13.4. The fraction of sp³-hybridized carbons (Fsp3) is 0.300. The summed E-state index contributed by atoms with van der Waals surface area (Å²) in [6.45, 7) is 0.219. The van der Waals surface area contributed by atoms with Gasteiger partial charge in [0.15, 0.2) is 5.82 Å². The van der Waals surface area contributed by atoms with Crippen molar-refractivity contribution in [2.45, 2.75) is 11.3 Å². The van der Waals surface area contributed by atoms with Crippen LogP contribution in [0.2, 0.25) is 0 Å². The Kier molecular flexibility index (Phi) is 3.76. The minimum Gasteiger partial charge on any atom is -0.384 e. The molecule has 0 amide bonds. The van der Waals surface area contributed by atoms with Crippen LogP contribution in [0.15, 0.2) is 29.6 Å². The van der Waals surface area contributed by atoms with Crippen LogP contribution < -0.4 is 10.5 Å². The second-order valence-corrected chi connectivity index (χ2v) is 5.67. The fourth-order valence-electron chi connectivity index (χ4n) is 1.43. The summed E-state index contributed by atoms with van der Waals surface area (Å²) in [6.07, 6.45) is 3.20. The van der Waals surface area contributed by atoms with E-state index in [0.29, 0.717) is 12.2 Å². The Morgan fingerprint density at radius 2 is 2.16 bits per heavy atom. The molecule has 2 aromatic heterocycles. The lowest BCUT2D eigenvalue weighted by molar-refractivity contribution is 0.580. The van der Waals surface area contributed by atoms with Crippen LogP contribution in [0.5, 0.6) is 0 Å². The first-order valence-corrected chi connectivity index (χ1v) is 7.01. The van der Waals surface area contributed by atoms with E-state index < -0.39 is 10.0 Å². The largest absolute Gasteiger partial charge is 0.384 e. The Morgan fingerprint density at radius 3 is 2.74 bits per heavy atom. The van der Waals surface area contributed by atoms with Crippen LogP contribution in [0.1, 0.15) is 5.82 Å². The minimum absolute atomic E-state index is 0.0793. The number of rotatable bonds is 5. The molecule has 0 unspecified atom stereocenters. The molecule has 0 aliphatic heterocycles. The van der Waals surface area contributed by atoms with Gasteiger partial charge in [-0.3, -0.25) is 4.68 Å². The number of nitrogens with zero attached hydrogens (tertiary/aromatic N) is 4. The van der Waals surface area contributed by atoms with Crippen molar-refractivity contribution >= 4 is 15.8 Å². The molecule has 2 heterocycles. The summed E-state index contributed by atoms with van der Waals surface area (Å²) < 4.78 is 27.8. The standard InChI is InChI=1S/C10H14N6O2S/c1-16-7-13-10(15-16)4-5-14-19(17,18)8-2-3-9(11)12-6-8/h2-3,6-7,14H,4-5H2,1H3,(H2,11,12). The van der Waals surface area contributed by atoms with Crippen molar-refractivity contribution < 1.29 is 8.42 Å². The zero-order valence-corrected chi connectivity index (χ0v) is 11.1. The Morgan fingerprint density at radius 1 is 1.37 bits per heavy atom. The molecule has 0 bridgehead atoms. The molecule has 0 saturated heterocycles. The van der Waals surface area contributed by atoms with E-state index in [9.17, 15) is 8.42 Å². The van der Waals surface area contributed by atoms with E-state index in [-0.39, 0.29) is 17.3 Å². The molecular formula is C10H14N6O2S. The first-order chi connectivity index (χ1) is 8.97. The predicted molar refractivity (Wildman–Crippen MR) is 68.5 cm³/mol. The van der Waals surface area contributed by atoms with Gasteiger partial charge in [0.2, 0.25) is 10.0 Å². The van der Waals surface area contributed by atoms with Crippen molar-refractivity contribution in [1.82, 2.24) is 24.5 Å². The Labute approximate surface area is 110 Å². The number of anilines is 1. The van der Waals surface area contributed by atoms with Crippen LogP contribution in [0.25, 0.3) is 0 Å². The van der Waals surface area contributed by atoms with Gasteiger partial charge in [-0.25, -0.2) is 23.1 Å². The van der Waals surface area contributed by atoms with Crippen molar-refractivity contribution in [3.63, 3.8) is 0 Å². The van der Waals surface area contributed by atoms with E-state index in [2.05, 4.69) is 19.8 Å². The van der Waals surface area contributed by atoms with Gasteiger partial charge in [-0.1, -0.05) is 0 Å². The molecule has 0 aliphatic rings. The topological polar surface area (TPSA) is 116 Å². The number of nitrogens with one attached hydrogen (secondary N) is 1. The molecule has 3 N–H and O–H groups in total. The Hall–Kier alpha value is -2.00. The molecule has 0 saturated carbocycles. The number of pyridine rings is 1. The van der Waals surface area contributed by atoms with Crippen LogP contribution in [-0.2, 0) is 23.5 Å². The summed E-state index contributed by atoms with van der Waals surface area (Å²) in [6, 6.07) is 2.85. The zero-order valence-electron chi connectivity index (χ0n) is 10.3. The second kappa shape index (κ2) is 5.33. The highest BCUT2D eigenvalue weighted by atomic mass is 32.2. The molecule has 8 nitrogen and oxygen atoms in total. The zero-order chi connectivity index (χ0) is 13.9. The average Bonchev–Trinajstić information content (AvgIpc) is 2.75. The normalized spacial score (nSPS) is 11.6. The van der Waals surface area contributed by atoms with Gasteiger partial charge < -0.3 is 5.73 Å². The number of nitrogens with two attached hydrogens (primary N) is 1. The van der Waals surface area contributed by atoms with E-state index in [0.717, 1.165) is 0 Å². The van der Waals surface area contributed by atoms with Gasteiger partial charge in [0, 0.05) is 26.2 Å². The maximum atomic E-state index is 11.9. The van der Waals surface area contributed by atoms with Crippen LogP contribution in [0.3, 0.4) is 0 Å². The lowest BCUT2D eigenvalue weighted by Gasteiger charge is -2.05. The van der Waals surface area contributed by atoms with Gasteiger partial charge in [0.25, 0.3) is 0 Å². The van der Waals surface area contributed by atoms with Crippen LogP contribution in [0, 0.1) is 0 Å². The van der Waals surface area contributed by atoms with Crippen molar-refractivity contribution in [3.05, 3.63) is 30.5 Å². The van der Waals surface area contributed by atoms with Gasteiger partial charge >= 0.3 is 0 Å². The van der Waals surface area contributed by atoms with E-state index in [1.807, 2.05) is 0 Å². The molecule has 0 radical (unpaired) electrons. The quantitative estimate of drug-likeness (QED) is 0.750. The van der Waals surface area contributed by atoms with Crippen LogP contribution >= 0.6 is 0 Å². The highest BCUT2D eigenvalue weighted by Crippen LogP contribution is 2.08. The Balaban J connectivity index is 1.96. The second-order valence-electron chi connectivity index (χ2n) is 3.90. The molecule has 0 aliphatic carbocycles. The SMILES string of the molecule is Cn1cnc(CCNS(=O)(=O)c2ccc(N)nc2)n1. The third-order valence-corrected chi connectivity index (χ3v) is 3.80. The van der Waals surface area contributed by atoms with E-state index in [1.165, 1.54) is 18.3 Å². The van der Waals surface area contributed by atoms with Crippen LogP contribution in [0.4, 0.5) is 5.82 Å². The molecule has 19 heavy (non-hydrogen) atoms. The summed E-state index contributed by atoms with van der Waals surface area (Å²) in [5, 5.41) is 4.06. The molecule has 0 aromatic carbocycles. The number of hydrogen-bond acceptors (Lipinski definition) is 6. The molecule has 2 aromatic rings. The lowest BCUT2D eigenvalue weighted by Crippen LogP contribution is -2.26. The summed E-state index contributed by atoms with van der Waals surface area (Å²) in [7, 11) is -1.82. The monoisotopic (exact) mass is 282 g/mol. The number of sulfonamides is 1. The van der Waals surface area contributed by atoms with Gasteiger partial charge in [0.1, 0.15) is 17.0 Å². The molecule has 9 heteroatoms. The van der Waals surface area contributed by atoms with E-state index in [4.69, 9.17) is 5.73 Å². The average molecular weight is 282 g/mol. The van der Waals surface area contributed by atoms with Crippen molar-refractivity contribution in [1.29, 1.82) is 0 Å². The molecular weight excluding hydrogens is 268 g/mol. The van der Waals surface area contributed by atoms with Gasteiger partial charge in [-0.05, 0) is 12.1 Å². The van der Waals surface area contributed by atoms with Crippen molar-refractivity contribution in [3.8, 4) is 0 Å². The molecule has 2 rings (SSSR count). The summed E-state index contributed by atoms with van der Waals surface area (Å²) in [4.78, 5) is 7.83. The molecule has 0 atom stereocenters. The van der Waals surface area contributed by atoms with Crippen molar-refractivity contribution in [2.24, 2.45) is 7.05 Å². The predicted octanol–water partition coefficient (Wildman–Crippen LogP) is -0.687. The third kappa shape index (κ3) is 3.48. The first-order valence-electron chi connectivity index (χ1n) is 5.53. The Bertz CT molecular complexity index is 649. The number of aryl methyl sites for hydroxylation is 1. The number of hydrogen-bond donors (Lipinski definition) is 2. The number of nitrogen functional groups attached to an aromatic ring is 1. The highest BCUT2D eigenvalue weighted by Gasteiger charge is 2.13. The molecule has 102 valence electrons. The number of aromatic nitrogens is 4. The van der Waals surface area contributed by atoms with E-state index >= 15 is 0 Å². The summed E-state index contributed by atoms with van der Waals surface area (Å²) >= 11 is 0. The summed E-state index contributed by atoms with van der Waals surface area (Å²) in [5.74, 6) is 0.859. The minimum atomic E-state index is -3.57. The van der Waals surface area contributed by atoms with Gasteiger partial charge in [0.05, 0.1) is 0 Å². The smallest absolute Gasteiger partial charge is 0.242 e. The lowest BCUT2D eigenvalue weighted by atomic mass is 10.4. The maximum Gasteiger partial charge on any atom is 0.242 e. The fourth-order valence-corrected chi connectivity index (χ4v) is 2.41. The van der Waals surface area contributed by atoms with Crippen molar-refractivity contribution in [2.75, 3.05) is 12.3 Å². The van der Waals surface area contributed by atoms with Crippen LogP contribution in [-0.4, -0.2) is 34.7 Å². The van der Waals surface area contributed by atoms with Gasteiger partial charge in [-0.2, -0.15) is 5.10 Å². The highest BCUT2D eigenvalue weighted by molar-refractivity contribution is 7.89. The molecule has 0 fully saturated rings. The van der Waals surface area contributed by atoms with E-state index in [1.54, 1.807) is 18.1 Å².